The summed E-state index contributed by atoms with van der Waals surface area (Å²) in [6, 6.07) is 15.7. The monoisotopic (exact) mass is 574 g/mol. The number of unbranched alkanes of at least 4 members (excludes halogenated alkanes) is 3. The average molecular weight is 575 g/mol. The highest BCUT2D eigenvalue weighted by molar-refractivity contribution is 6.00. The molecule has 0 spiro atoms. The molecule has 2 heterocycles. The van der Waals surface area contributed by atoms with Crippen LogP contribution in [-0.4, -0.2) is 52.5 Å². The molecule has 2 aromatic carbocycles. The summed E-state index contributed by atoms with van der Waals surface area (Å²) in [5.41, 5.74) is 4.97. The van der Waals surface area contributed by atoms with Crippen LogP contribution in [-0.2, 0) is 36.9 Å². The molecule has 1 aromatic heterocycles. The summed E-state index contributed by atoms with van der Waals surface area (Å²) in [7, 11) is 0. The van der Waals surface area contributed by atoms with Crippen molar-refractivity contribution >= 4 is 23.3 Å². The largest absolute Gasteiger partial charge is 0.464 e. The molecule has 9 nitrogen and oxygen atoms in total. The minimum Gasteiger partial charge on any atom is -0.464 e. The number of carbonyl (C=O) groups excluding carboxylic acids is 3. The van der Waals surface area contributed by atoms with Crippen LogP contribution < -0.4 is 4.90 Å². The maximum atomic E-state index is 13.6. The SMILES string of the molecule is CCCCCCC(=O)OCCn1nnc2c1-c1ccccc1CN(C(=O)CCCC(=O)CCOCC)c1ccccc1-2. The number of aromatic nitrogens is 3. The Bertz CT molecular complexity index is 1350. The summed E-state index contributed by atoms with van der Waals surface area (Å²) >= 11 is 0. The van der Waals surface area contributed by atoms with E-state index in [1.165, 1.54) is 0 Å². The van der Waals surface area contributed by atoms with Crippen LogP contribution in [0.2, 0.25) is 0 Å². The van der Waals surface area contributed by atoms with E-state index in [1.807, 2.05) is 55.5 Å². The van der Waals surface area contributed by atoms with Crippen molar-refractivity contribution < 1.29 is 23.9 Å². The molecule has 0 aliphatic carbocycles. The highest BCUT2D eigenvalue weighted by atomic mass is 16.5. The highest BCUT2D eigenvalue weighted by Crippen LogP contribution is 2.41. The second-order valence-corrected chi connectivity index (χ2v) is 10.5. The Labute approximate surface area is 248 Å². The van der Waals surface area contributed by atoms with Gasteiger partial charge in [-0.1, -0.05) is 73.9 Å². The first-order chi connectivity index (χ1) is 20.5. The van der Waals surface area contributed by atoms with Crippen molar-refractivity contribution in [3.63, 3.8) is 0 Å². The van der Waals surface area contributed by atoms with Gasteiger partial charge in [0, 0.05) is 43.4 Å². The fourth-order valence-corrected chi connectivity index (χ4v) is 5.24. The third kappa shape index (κ3) is 8.12. The van der Waals surface area contributed by atoms with Crippen LogP contribution in [0.1, 0.15) is 77.2 Å². The highest BCUT2D eigenvalue weighted by Gasteiger charge is 2.29. The quantitative estimate of drug-likeness (QED) is 0.150. The Morgan fingerprint density at radius 1 is 0.833 bits per heavy atom. The number of carbonyl (C=O) groups is 3. The predicted octanol–water partition coefficient (Wildman–Crippen LogP) is 6.14. The van der Waals surface area contributed by atoms with Gasteiger partial charge in [0.25, 0.3) is 0 Å². The lowest BCUT2D eigenvalue weighted by molar-refractivity contribution is -0.144. The molecule has 0 fully saturated rings. The minimum absolute atomic E-state index is 0.0449. The smallest absolute Gasteiger partial charge is 0.305 e. The number of esters is 1. The van der Waals surface area contributed by atoms with Gasteiger partial charge in [-0.15, -0.1) is 5.10 Å². The predicted molar refractivity (Wildman–Crippen MR) is 162 cm³/mol. The van der Waals surface area contributed by atoms with Gasteiger partial charge in [0.05, 0.1) is 31.1 Å². The standard InChI is InChI=1S/C33H42N4O5/c1-3-5-6-7-19-31(40)42-23-21-37-33-27-15-9-8-13-25(27)24-36(29-17-11-10-16-28(29)32(33)34-35-37)30(39)18-12-14-26(38)20-22-41-4-2/h8-11,13,15-17H,3-7,12,14,18-24H2,1-2H3. The number of ketones is 1. The third-order valence-corrected chi connectivity index (χ3v) is 7.46. The molecule has 4 rings (SSSR count). The maximum Gasteiger partial charge on any atom is 0.305 e. The fraction of sp³-hybridized carbons (Fsp3) is 0.485. The molecule has 0 saturated carbocycles. The number of amides is 1. The van der Waals surface area contributed by atoms with Crippen LogP contribution in [0, 0.1) is 0 Å². The summed E-state index contributed by atoms with van der Waals surface area (Å²) in [6.07, 6.45) is 6.03. The Kier molecular flexibility index (Phi) is 11.8. The lowest BCUT2D eigenvalue weighted by Gasteiger charge is -2.28. The molecule has 0 N–H and O–H groups in total. The zero-order valence-corrected chi connectivity index (χ0v) is 24.8. The molecule has 0 radical (unpaired) electrons. The fourth-order valence-electron chi connectivity index (χ4n) is 5.24. The number of hydrogen-bond acceptors (Lipinski definition) is 7. The van der Waals surface area contributed by atoms with Crippen molar-refractivity contribution in [3.8, 4) is 22.5 Å². The maximum absolute atomic E-state index is 13.6. The van der Waals surface area contributed by atoms with Crippen LogP contribution in [0.4, 0.5) is 5.69 Å². The summed E-state index contributed by atoms with van der Waals surface area (Å²) in [4.78, 5) is 39.8. The molecule has 9 heteroatoms. The lowest BCUT2D eigenvalue weighted by atomic mass is 9.95. The normalized spacial score (nSPS) is 12.1. The first-order valence-corrected chi connectivity index (χ1v) is 15.2. The van der Waals surface area contributed by atoms with Crippen molar-refractivity contribution in [1.29, 1.82) is 0 Å². The van der Waals surface area contributed by atoms with Crippen LogP contribution in [0.15, 0.2) is 48.5 Å². The van der Waals surface area contributed by atoms with Crippen molar-refractivity contribution in [2.24, 2.45) is 0 Å². The number of hydrogen-bond donors (Lipinski definition) is 0. The third-order valence-electron chi connectivity index (χ3n) is 7.46. The lowest BCUT2D eigenvalue weighted by Crippen LogP contribution is -2.31. The van der Waals surface area contributed by atoms with E-state index in [-0.39, 0.29) is 30.7 Å². The van der Waals surface area contributed by atoms with Gasteiger partial charge in [-0.2, -0.15) is 0 Å². The van der Waals surface area contributed by atoms with Crippen molar-refractivity contribution in [2.45, 2.75) is 84.7 Å². The molecule has 0 bridgehead atoms. The first kappa shape index (κ1) is 31.1. The Hall–Kier alpha value is -3.85. The Morgan fingerprint density at radius 3 is 2.43 bits per heavy atom. The molecule has 3 aromatic rings. The van der Waals surface area contributed by atoms with Gasteiger partial charge in [0.15, 0.2) is 0 Å². The molecule has 0 atom stereocenters. The topological polar surface area (TPSA) is 104 Å². The van der Waals surface area contributed by atoms with E-state index in [0.29, 0.717) is 57.7 Å². The molecule has 1 amide bonds. The van der Waals surface area contributed by atoms with E-state index in [2.05, 4.69) is 17.2 Å². The first-order valence-electron chi connectivity index (χ1n) is 15.2. The van der Waals surface area contributed by atoms with E-state index in [4.69, 9.17) is 9.47 Å². The Balaban J connectivity index is 1.53. The van der Waals surface area contributed by atoms with E-state index >= 15 is 0 Å². The van der Waals surface area contributed by atoms with E-state index in [9.17, 15) is 14.4 Å². The van der Waals surface area contributed by atoms with E-state index in [1.54, 1.807) is 9.58 Å². The molecule has 0 unspecified atom stereocenters. The van der Waals surface area contributed by atoms with Gasteiger partial charge >= 0.3 is 5.97 Å². The molecule has 0 saturated heterocycles. The summed E-state index contributed by atoms with van der Waals surface area (Å²) in [5.74, 6) is -0.125. The van der Waals surface area contributed by atoms with Gasteiger partial charge in [-0.05, 0) is 31.4 Å². The van der Waals surface area contributed by atoms with E-state index in [0.717, 1.165) is 53.8 Å². The Morgan fingerprint density at radius 2 is 1.62 bits per heavy atom. The number of Topliss-reactive ketones (excluding diaryl/α,β-unsaturated/α-hetero) is 1. The molecule has 1 aliphatic rings. The van der Waals surface area contributed by atoms with Crippen LogP contribution in [0.25, 0.3) is 22.5 Å². The number of fused-ring (bicyclic) bond motifs is 5. The van der Waals surface area contributed by atoms with E-state index < -0.39 is 0 Å². The van der Waals surface area contributed by atoms with Gasteiger partial charge in [-0.3, -0.25) is 14.4 Å². The van der Waals surface area contributed by atoms with Gasteiger partial charge in [0.2, 0.25) is 5.91 Å². The minimum atomic E-state index is -0.190. The molecule has 224 valence electrons. The van der Waals surface area contributed by atoms with Crippen molar-refractivity contribution in [2.75, 3.05) is 24.7 Å². The molecular weight excluding hydrogens is 532 g/mol. The van der Waals surface area contributed by atoms with Gasteiger partial charge in [-0.25, -0.2) is 4.68 Å². The van der Waals surface area contributed by atoms with Crippen LogP contribution in [0.3, 0.4) is 0 Å². The van der Waals surface area contributed by atoms with Crippen molar-refractivity contribution in [3.05, 3.63) is 54.1 Å². The number of ether oxygens (including phenoxy) is 2. The second-order valence-electron chi connectivity index (χ2n) is 10.5. The zero-order valence-electron chi connectivity index (χ0n) is 24.8. The number of benzene rings is 2. The second kappa shape index (κ2) is 16.0. The molecule has 42 heavy (non-hydrogen) atoms. The van der Waals surface area contributed by atoms with Gasteiger partial charge in [0.1, 0.15) is 18.1 Å². The molecule has 1 aliphatic heterocycles. The summed E-state index contributed by atoms with van der Waals surface area (Å²) in [5, 5.41) is 9.02. The summed E-state index contributed by atoms with van der Waals surface area (Å²) in [6.45, 7) is 6.01. The zero-order chi connectivity index (χ0) is 29.7. The van der Waals surface area contributed by atoms with Crippen molar-refractivity contribution in [1.82, 2.24) is 15.0 Å². The van der Waals surface area contributed by atoms with Gasteiger partial charge < -0.3 is 14.4 Å². The van der Waals surface area contributed by atoms with Crippen LogP contribution >= 0.6 is 0 Å². The number of rotatable bonds is 16. The summed E-state index contributed by atoms with van der Waals surface area (Å²) < 4.78 is 12.6. The number of para-hydroxylation sites is 1. The molecular formula is C33H42N4O5. The number of anilines is 1. The number of nitrogens with zero attached hydrogens (tertiary/aromatic N) is 4. The van der Waals surface area contributed by atoms with Crippen LogP contribution in [0.5, 0.6) is 0 Å². The average Bonchev–Trinajstić information content (AvgIpc) is 3.40.